The van der Waals surface area contributed by atoms with Gasteiger partial charge in [0.1, 0.15) is 5.01 Å². The van der Waals surface area contributed by atoms with Crippen molar-refractivity contribution in [3.8, 4) is 0 Å². The molecule has 4 heteroatoms. The summed E-state index contributed by atoms with van der Waals surface area (Å²) in [4.78, 5) is 19.7. The Morgan fingerprint density at radius 1 is 0.812 bits per heavy atom. The summed E-state index contributed by atoms with van der Waals surface area (Å²) in [5.41, 5.74) is 3.89. The first-order valence-electron chi connectivity index (χ1n) is 10.8. The van der Waals surface area contributed by atoms with Crippen LogP contribution in [0.3, 0.4) is 0 Å². The van der Waals surface area contributed by atoms with E-state index < -0.39 is 5.54 Å². The van der Waals surface area contributed by atoms with Gasteiger partial charge in [-0.3, -0.25) is 9.69 Å². The number of thiazole rings is 1. The molecule has 1 aliphatic rings. The van der Waals surface area contributed by atoms with Gasteiger partial charge < -0.3 is 0 Å². The van der Waals surface area contributed by atoms with Crippen molar-refractivity contribution in [1.29, 1.82) is 0 Å². The molecule has 3 aromatic carbocycles. The highest BCUT2D eigenvalue weighted by Crippen LogP contribution is 2.43. The number of nitrogens with zero attached hydrogens (tertiary/aromatic N) is 2. The highest BCUT2D eigenvalue weighted by molar-refractivity contribution is 7.10. The summed E-state index contributed by atoms with van der Waals surface area (Å²) in [5.74, 6) is 0.208. The van der Waals surface area contributed by atoms with Gasteiger partial charge in [-0.15, -0.1) is 11.3 Å². The topological polar surface area (TPSA) is 33.2 Å². The van der Waals surface area contributed by atoms with Crippen LogP contribution in [0, 0.1) is 0 Å². The second kappa shape index (κ2) is 9.03. The standard InChI is InChI=1S/C28H24N2OS/c31-26-16-18-30(21-22(26)20-27-29-17-19-32-27)28(23-10-4-1-5-11-23,24-12-6-2-7-13-24)25-14-8-3-9-15-25/h1-15,17,19-20H,16,18,21H2/b22-20-. The first-order chi connectivity index (χ1) is 15.8. The maximum Gasteiger partial charge on any atom is 0.161 e. The lowest BCUT2D eigenvalue weighted by atomic mass is 9.74. The molecule has 1 fully saturated rings. The van der Waals surface area contributed by atoms with Crippen LogP contribution in [0.2, 0.25) is 0 Å². The fourth-order valence-electron chi connectivity index (χ4n) is 4.72. The molecular formula is C28H24N2OS. The molecule has 2 heterocycles. The zero-order chi connectivity index (χ0) is 21.8. The Morgan fingerprint density at radius 3 is 1.81 bits per heavy atom. The Morgan fingerprint density at radius 2 is 1.34 bits per heavy atom. The van der Waals surface area contributed by atoms with Crippen molar-refractivity contribution in [2.45, 2.75) is 12.0 Å². The number of aromatic nitrogens is 1. The van der Waals surface area contributed by atoms with Crippen molar-refractivity contribution in [2.24, 2.45) is 0 Å². The van der Waals surface area contributed by atoms with Crippen LogP contribution in [0.4, 0.5) is 0 Å². The second-order valence-electron chi connectivity index (χ2n) is 7.94. The Bertz CT molecular complexity index is 1110. The Kier molecular flexibility index (Phi) is 5.80. The summed E-state index contributed by atoms with van der Waals surface area (Å²) in [7, 11) is 0. The van der Waals surface area contributed by atoms with E-state index in [1.54, 1.807) is 17.5 Å². The van der Waals surface area contributed by atoms with E-state index in [4.69, 9.17) is 0 Å². The van der Waals surface area contributed by atoms with Gasteiger partial charge in [0.2, 0.25) is 0 Å². The normalized spacial score (nSPS) is 16.4. The molecule has 0 saturated carbocycles. The quantitative estimate of drug-likeness (QED) is 0.293. The van der Waals surface area contributed by atoms with Crippen LogP contribution >= 0.6 is 11.3 Å². The average Bonchev–Trinajstić information content (AvgIpc) is 3.37. The van der Waals surface area contributed by atoms with Crippen LogP contribution in [-0.4, -0.2) is 28.8 Å². The Balaban J connectivity index is 1.72. The molecule has 1 saturated heterocycles. The number of benzene rings is 3. The van der Waals surface area contributed by atoms with E-state index in [1.165, 1.54) is 16.7 Å². The molecule has 0 bridgehead atoms. The highest BCUT2D eigenvalue weighted by atomic mass is 32.1. The molecule has 0 unspecified atom stereocenters. The van der Waals surface area contributed by atoms with Crippen LogP contribution in [0.1, 0.15) is 28.1 Å². The van der Waals surface area contributed by atoms with Crippen LogP contribution in [-0.2, 0) is 10.3 Å². The minimum atomic E-state index is -0.507. The molecule has 0 radical (unpaired) electrons. The lowest BCUT2D eigenvalue weighted by Crippen LogP contribution is -2.52. The third-order valence-electron chi connectivity index (χ3n) is 6.13. The first-order valence-corrected chi connectivity index (χ1v) is 11.7. The highest BCUT2D eigenvalue weighted by Gasteiger charge is 2.44. The second-order valence-corrected chi connectivity index (χ2v) is 8.87. The first kappa shape index (κ1) is 20.6. The molecule has 1 aliphatic heterocycles. The largest absolute Gasteiger partial charge is 0.294 e. The van der Waals surface area contributed by atoms with Crippen molar-refractivity contribution >= 4 is 23.2 Å². The Labute approximate surface area is 192 Å². The molecule has 158 valence electrons. The summed E-state index contributed by atoms with van der Waals surface area (Å²) in [6, 6.07) is 31.9. The molecule has 0 N–H and O–H groups in total. The van der Waals surface area contributed by atoms with E-state index in [0.717, 1.165) is 10.6 Å². The maximum absolute atomic E-state index is 12.9. The Hall–Kier alpha value is -3.34. The summed E-state index contributed by atoms with van der Waals surface area (Å²) in [6.07, 6.45) is 4.24. The molecule has 0 atom stereocenters. The number of ketones is 1. The summed E-state index contributed by atoms with van der Waals surface area (Å²) in [6.45, 7) is 1.25. The smallest absolute Gasteiger partial charge is 0.161 e. The van der Waals surface area contributed by atoms with Crippen molar-refractivity contribution in [1.82, 2.24) is 9.88 Å². The van der Waals surface area contributed by atoms with Crippen molar-refractivity contribution < 1.29 is 4.79 Å². The summed E-state index contributed by atoms with van der Waals surface area (Å²) < 4.78 is 0. The lowest BCUT2D eigenvalue weighted by Gasteiger charge is -2.47. The van der Waals surface area contributed by atoms with E-state index in [1.807, 2.05) is 11.5 Å². The fraction of sp³-hybridized carbons (Fsp3) is 0.143. The fourth-order valence-corrected chi connectivity index (χ4v) is 5.32. The number of rotatable bonds is 5. The summed E-state index contributed by atoms with van der Waals surface area (Å²) >= 11 is 1.56. The van der Waals surface area contributed by atoms with Crippen LogP contribution in [0.5, 0.6) is 0 Å². The molecule has 32 heavy (non-hydrogen) atoms. The predicted molar refractivity (Wildman–Crippen MR) is 130 cm³/mol. The van der Waals surface area contributed by atoms with E-state index in [2.05, 4.69) is 101 Å². The van der Waals surface area contributed by atoms with Crippen molar-refractivity contribution in [3.63, 3.8) is 0 Å². The van der Waals surface area contributed by atoms with Crippen LogP contribution in [0.25, 0.3) is 6.08 Å². The van der Waals surface area contributed by atoms with Crippen LogP contribution < -0.4 is 0 Å². The maximum atomic E-state index is 12.9. The number of likely N-dealkylation sites (tertiary alicyclic amines) is 1. The van der Waals surface area contributed by atoms with E-state index in [0.29, 0.717) is 19.5 Å². The minimum absolute atomic E-state index is 0.208. The van der Waals surface area contributed by atoms with Gasteiger partial charge >= 0.3 is 0 Å². The number of piperidine rings is 1. The van der Waals surface area contributed by atoms with Gasteiger partial charge in [-0.25, -0.2) is 4.98 Å². The van der Waals surface area contributed by atoms with Gasteiger partial charge in [-0.2, -0.15) is 0 Å². The van der Waals surface area contributed by atoms with Gasteiger partial charge in [0, 0.05) is 36.7 Å². The van der Waals surface area contributed by atoms with Crippen molar-refractivity contribution in [3.05, 3.63) is 130 Å². The van der Waals surface area contributed by atoms with Gasteiger partial charge in [-0.1, -0.05) is 91.0 Å². The van der Waals surface area contributed by atoms with Gasteiger partial charge in [-0.05, 0) is 22.8 Å². The molecule has 5 rings (SSSR count). The predicted octanol–water partition coefficient (Wildman–Crippen LogP) is 5.79. The number of carbonyl (C=O) groups is 1. The zero-order valence-electron chi connectivity index (χ0n) is 17.7. The zero-order valence-corrected chi connectivity index (χ0v) is 18.5. The van der Waals surface area contributed by atoms with Gasteiger partial charge in [0.25, 0.3) is 0 Å². The minimum Gasteiger partial charge on any atom is -0.294 e. The van der Waals surface area contributed by atoms with Crippen LogP contribution in [0.15, 0.2) is 108 Å². The summed E-state index contributed by atoms with van der Waals surface area (Å²) in [5, 5.41) is 2.82. The third-order valence-corrected chi connectivity index (χ3v) is 6.85. The molecule has 0 amide bonds. The van der Waals surface area contributed by atoms with E-state index in [-0.39, 0.29) is 5.78 Å². The lowest BCUT2D eigenvalue weighted by molar-refractivity contribution is -0.117. The number of hydrogen-bond acceptors (Lipinski definition) is 4. The molecule has 4 aromatic rings. The number of Topliss-reactive ketones (excluding diaryl/α,β-unsaturated/α-hetero) is 1. The average molecular weight is 437 g/mol. The third kappa shape index (κ3) is 3.72. The van der Waals surface area contributed by atoms with E-state index >= 15 is 0 Å². The van der Waals surface area contributed by atoms with Crippen molar-refractivity contribution in [2.75, 3.05) is 13.1 Å². The molecule has 0 aliphatic carbocycles. The SMILES string of the molecule is O=C1CCN(C(c2ccccc2)(c2ccccc2)c2ccccc2)C/C1=C/c1nccs1. The van der Waals surface area contributed by atoms with Gasteiger partial charge in [0.15, 0.2) is 5.78 Å². The number of carbonyl (C=O) groups excluding carboxylic acids is 1. The molecular weight excluding hydrogens is 412 g/mol. The number of hydrogen-bond donors (Lipinski definition) is 0. The molecule has 0 spiro atoms. The van der Waals surface area contributed by atoms with Gasteiger partial charge in [0.05, 0.1) is 5.54 Å². The molecule has 3 nitrogen and oxygen atoms in total. The van der Waals surface area contributed by atoms with E-state index in [9.17, 15) is 4.79 Å². The monoisotopic (exact) mass is 436 g/mol. The molecule has 1 aromatic heterocycles.